The zero-order chi connectivity index (χ0) is 21.8. The molecule has 0 amide bonds. The maximum Gasteiger partial charge on any atom is 0.148 e. The molecule has 2 heterocycles. The number of hydrogen-bond acceptors (Lipinski definition) is 6. The monoisotopic (exact) mass is 408 g/mol. The highest BCUT2D eigenvalue weighted by Gasteiger charge is 2.28. The van der Waals surface area contributed by atoms with Crippen molar-refractivity contribution in [3.63, 3.8) is 0 Å². The van der Waals surface area contributed by atoms with E-state index in [1.165, 1.54) is 7.11 Å². The van der Waals surface area contributed by atoms with Crippen LogP contribution in [0.15, 0.2) is 35.4 Å². The topological polar surface area (TPSA) is 79.7 Å². The summed E-state index contributed by atoms with van der Waals surface area (Å²) in [6.45, 7) is 4.84. The largest absolute Gasteiger partial charge is 0.508 e. The van der Waals surface area contributed by atoms with E-state index in [0.29, 0.717) is 24.1 Å². The van der Waals surface area contributed by atoms with Crippen molar-refractivity contribution in [2.24, 2.45) is 5.92 Å². The molecule has 30 heavy (non-hydrogen) atoms. The molecule has 0 saturated heterocycles. The lowest BCUT2D eigenvalue weighted by atomic mass is 9.92. The lowest BCUT2D eigenvalue weighted by Crippen LogP contribution is -2.13. The van der Waals surface area contributed by atoms with E-state index in [1.54, 1.807) is 12.1 Å². The van der Waals surface area contributed by atoms with Crippen LogP contribution < -0.4 is 0 Å². The van der Waals surface area contributed by atoms with Crippen molar-refractivity contribution in [2.45, 2.75) is 33.2 Å². The van der Waals surface area contributed by atoms with Gasteiger partial charge < -0.3 is 19.5 Å². The minimum Gasteiger partial charge on any atom is -0.508 e. The molecule has 1 N–H and O–H groups in total. The number of nitrogens with zero attached hydrogens (tertiary/aromatic N) is 2. The molecule has 1 aliphatic rings. The number of methoxy groups -OCH3 is 1. The predicted octanol–water partition coefficient (Wildman–Crippen LogP) is 3.66. The summed E-state index contributed by atoms with van der Waals surface area (Å²) in [6.07, 6.45) is 4.96. The first-order valence-corrected chi connectivity index (χ1v) is 10.2. The minimum atomic E-state index is -0.395. The Morgan fingerprint density at radius 1 is 1.33 bits per heavy atom. The number of aromatic nitrogens is 1. The summed E-state index contributed by atoms with van der Waals surface area (Å²) in [5.41, 5.74) is 5.94. The summed E-state index contributed by atoms with van der Waals surface area (Å²) in [7, 11) is 3.51. The molecule has 0 radical (unpaired) electrons. The molecule has 1 unspecified atom stereocenters. The third-order valence-corrected chi connectivity index (χ3v) is 5.70. The number of benzene rings is 1. The summed E-state index contributed by atoms with van der Waals surface area (Å²) >= 11 is 0. The summed E-state index contributed by atoms with van der Waals surface area (Å²) in [5, 5.41) is 10.9. The van der Waals surface area contributed by atoms with Crippen LogP contribution >= 0.6 is 0 Å². The van der Waals surface area contributed by atoms with E-state index >= 15 is 0 Å². The van der Waals surface area contributed by atoms with Gasteiger partial charge in [0.25, 0.3) is 0 Å². The highest BCUT2D eigenvalue weighted by atomic mass is 16.5. The van der Waals surface area contributed by atoms with Gasteiger partial charge in [-0.1, -0.05) is 13.8 Å². The van der Waals surface area contributed by atoms with Crippen LogP contribution in [-0.4, -0.2) is 48.3 Å². The van der Waals surface area contributed by atoms with Gasteiger partial charge in [0.1, 0.15) is 18.3 Å². The molecule has 1 atom stereocenters. The Morgan fingerprint density at radius 3 is 2.70 bits per heavy atom. The van der Waals surface area contributed by atoms with Crippen LogP contribution in [-0.2, 0) is 27.3 Å². The fourth-order valence-corrected chi connectivity index (χ4v) is 4.14. The molecule has 1 aromatic heterocycles. The van der Waals surface area contributed by atoms with Crippen molar-refractivity contribution >= 4 is 29.2 Å². The van der Waals surface area contributed by atoms with Crippen LogP contribution in [0.1, 0.15) is 37.1 Å². The maximum absolute atomic E-state index is 11.7. The van der Waals surface area contributed by atoms with Crippen molar-refractivity contribution < 1.29 is 19.4 Å². The highest BCUT2D eigenvalue weighted by Crippen LogP contribution is 2.38. The fourth-order valence-electron chi connectivity index (χ4n) is 4.14. The second-order valence-electron chi connectivity index (χ2n) is 7.54. The van der Waals surface area contributed by atoms with Gasteiger partial charge in [0.15, 0.2) is 0 Å². The highest BCUT2D eigenvalue weighted by molar-refractivity contribution is 5.89. The molecule has 0 bridgehead atoms. The van der Waals surface area contributed by atoms with Crippen LogP contribution in [0.25, 0.3) is 16.6 Å². The molecule has 3 rings (SSSR count). The normalized spacial score (nSPS) is 16.5. The number of rotatable bonds is 8. The number of carbonyl (C=O) groups is 2. The van der Waals surface area contributed by atoms with Gasteiger partial charge in [0.05, 0.1) is 23.5 Å². The number of aromatic hydroxyl groups is 1. The van der Waals surface area contributed by atoms with E-state index < -0.39 is 5.92 Å². The second-order valence-corrected chi connectivity index (χ2v) is 7.54. The average molecular weight is 408 g/mol. The van der Waals surface area contributed by atoms with Gasteiger partial charge in [0, 0.05) is 43.1 Å². The Morgan fingerprint density at radius 2 is 2.10 bits per heavy atom. The van der Waals surface area contributed by atoms with Crippen molar-refractivity contribution in [3.8, 4) is 5.75 Å². The number of hydrogen-bond donors (Lipinski definition) is 1. The molecular formula is C24H28N2O4. The summed E-state index contributed by atoms with van der Waals surface area (Å²) in [4.78, 5) is 30.4. The molecule has 1 aromatic carbocycles. The van der Waals surface area contributed by atoms with E-state index in [9.17, 15) is 14.7 Å². The number of carbonyl (C=O) groups excluding carboxylic acids is 2. The quantitative estimate of drug-likeness (QED) is 0.530. The Hall–Kier alpha value is -2.99. The molecule has 6 heteroatoms. The zero-order valence-corrected chi connectivity index (χ0v) is 17.9. The lowest BCUT2D eigenvalue weighted by molar-refractivity contribution is -0.110. The molecular weight excluding hydrogens is 380 g/mol. The number of pyridine rings is 1. The number of aldehydes is 2. The number of aryl methyl sites for hydroxylation is 1. The maximum atomic E-state index is 11.7. The van der Waals surface area contributed by atoms with Gasteiger partial charge in [-0.25, -0.2) is 4.98 Å². The zero-order valence-electron chi connectivity index (χ0n) is 17.9. The standard InChI is InChI=1S/C24H28N2O4/c1-5-15(12-27)19(16(13-28)14-30-4)10-23-24-21(11-26(23)3)18(6-2)20-9-17(29)7-8-22(20)25-24/h7-10,12-13,15,29H,5-6,11,14H2,1-4H3/b19-16-,23-10-. The lowest BCUT2D eigenvalue weighted by Gasteiger charge is -2.18. The SMILES string of the molecule is CCc1c2c(nc3ccc(O)cc13)/C(=C/C(=C(\C=O)COC)C(C=O)CC)N(C)C2. The van der Waals surface area contributed by atoms with Crippen molar-refractivity contribution in [1.29, 1.82) is 0 Å². The summed E-state index contributed by atoms with van der Waals surface area (Å²) in [5.74, 6) is -0.174. The number of phenols is 1. The number of phenolic OH excluding ortho intramolecular Hbond substituents is 1. The van der Waals surface area contributed by atoms with E-state index in [-0.39, 0.29) is 12.4 Å². The average Bonchev–Trinajstić information content (AvgIpc) is 3.05. The Bertz CT molecular complexity index is 1040. The molecule has 2 aromatic rings. The molecule has 158 valence electrons. The first kappa shape index (κ1) is 21.7. The van der Waals surface area contributed by atoms with Gasteiger partial charge >= 0.3 is 0 Å². The van der Waals surface area contributed by atoms with Gasteiger partial charge in [-0.2, -0.15) is 0 Å². The molecule has 0 saturated carbocycles. The Labute approximate surface area is 176 Å². The number of ether oxygens (including phenoxy) is 1. The number of fused-ring (bicyclic) bond motifs is 2. The van der Waals surface area contributed by atoms with E-state index in [1.807, 2.05) is 26.1 Å². The molecule has 1 aliphatic heterocycles. The summed E-state index contributed by atoms with van der Waals surface area (Å²) < 4.78 is 5.19. The van der Waals surface area contributed by atoms with Crippen LogP contribution in [0.3, 0.4) is 0 Å². The van der Waals surface area contributed by atoms with Crippen LogP contribution in [0.5, 0.6) is 5.75 Å². The van der Waals surface area contributed by atoms with Crippen LogP contribution in [0, 0.1) is 5.92 Å². The number of allylic oxidation sites excluding steroid dienone is 2. The fraction of sp³-hybridized carbons (Fsp3) is 0.375. The summed E-state index contributed by atoms with van der Waals surface area (Å²) in [6, 6.07) is 5.22. The van der Waals surface area contributed by atoms with E-state index in [0.717, 1.165) is 52.4 Å². The Balaban J connectivity index is 2.27. The van der Waals surface area contributed by atoms with Crippen molar-refractivity contribution in [3.05, 3.63) is 52.2 Å². The predicted molar refractivity (Wildman–Crippen MR) is 117 cm³/mol. The minimum absolute atomic E-state index is 0.147. The molecule has 0 fully saturated rings. The third-order valence-electron chi connectivity index (χ3n) is 5.70. The second kappa shape index (κ2) is 9.22. The molecule has 0 spiro atoms. The first-order valence-electron chi connectivity index (χ1n) is 10.2. The molecule has 6 nitrogen and oxygen atoms in total. The Kier molecular flexibility index (Phi) is 6.67. The van der Waals surface area contributed by atoms with E-state index in [4.69, 9.17) is 9.72 Å². The van der Waals surface area contributed by atoms with Gasteiger partial charge in [0.2, 0.25) is 0 Å². The van der Waals surface area contributed by atoms with Crippen LogP contribution in [0.4, 0.5) is 0 Å². The van der Waals surface area contributed by atoms with Crippen LogP contribution in [0.2, 0.25) is 0 Å². The third kappa shape index (κ3) is 3.87. The smallest absolute Gasteiger partial charge is 0.148 e. The van der Waals surface area contributed by atoms with Crippen molar-refractivity contribution in [1.82, 2.24) is 9.88 Å². The first-order chi connectivity index (χ1) is 14.5. The molecule has 0 aliphatic carbocycles. The van der Waals surface area contributed by atoms with Crippen molar-refractivity contribution in [2.75, 3.05) is 20.8 Å². The van der Waals surface area contributed by atoms with Gasteiger partial charge in [-0.3, -0.25) is 4.79 Å². The van der Waals surface area contributed by atoms with Gasteiger partial charge in [-0.05, 0) is 48.3 Å². The van der Waals surface area contributed by atoms with E-state index in [2.05, 4.69) is 11.8 Å². The van der Waals surface area contributed by atoms with Gasteiger partial charge in [-0.15, -0.1) is 0 Å².